The number of hydrogen-bond donors (Lipinski definition) is 1. The summed E-state index contributed by atoms with van der Waals surface area (Å²) in [5.41, 5.74) is 2.03. The second kappa shape index (κ2) is 7.57. The van der Waals surface area contributed by atoms with Gasteiger partial charge in [0, 0.05) is 21.9 Å². The maximum Gasteiger partial charge on any atom is 0.123 e. The molecule has 114 valence electrons. The van der Waals surface area contributed by atoms with E-state index in [0.717, 1.165) is 30.8 Å². The molecule has 21 heavy (non-hydrogen) atoms. The van der Waals surface area contributed by atoms with Gasteiger partial charge in [0.25, 0.3) is 0 Å². The molecule has 4 heteroatoms. The fourth-order valence-electron chi connectivity index (χ4n) is 2.14. The third kappa shape index (κ3) is 4.55. The molecule has 1 heterocycles. The number of rotatable bonds is 7. The molecule has 0 aliphatic carbocycles. The van der Waals surface area contributed by atoms with Gasteiger partial charge in [-0.25, -0.2) is 4.39 Å². The van der Waals surface area contributed by atoms with Crippen LogP contribution in [0.4, 0.5) is 4.39 Å². The Morgan fingerprint density at radius 3 is 2.76 bits per heavy atom. The minimum absolute atomic E-state index is 0.226. The molecule has 2 nitrogen and oxygen atoms in total. The molecule has 0 aliphatic rings. The lowest BCUT2D eigenvalue weighted by Gasteiger charge is -2.08. The van der Waals surface area contributed by atoms with Gasteiger partial charge in [-0.15, -0.1) is 11.3 Å². The fourth-order valence-corrected chi connectivity index (χ4v) is 3.15. The van der Waals surface area contributed by atoms with Gasteiger partial charge < -0.3 is 10.1 Å². The number of hydrogen-bond acceptors (Lipinski definition) is 3. The molecule has 0 saturated carbocycles. The molecule has 1 aromatic heterocycles. The van der Waals surface area contributed by atoms with Crippen molar-refractivity contribution >= 4 is 11.3 Å². The molecular formula is C17H22FNOS. The Morgan fingerprint density at radius 1 is 1.24 bits per heavy atom. The van der Waals surface area contributed by atoms with Gasteiger partial charge in [-0.2, -0.15) is 0 Å². The molecule has 1 aromatic carbocycles. The van der Waals surface area contributed by atoms with Gasteiger partial charge in [-0.3, -0.25) is 0 Å². The van der Waals surface area contributed by atoms with E-state index in [4.69, 9.17) is 4.74 Å². The summed E-state index contributed by atoms with van der Waals surface area (Å²) in [7, 11) is 0. The minimum Gasteiger partial charge on any atom is -0.489 e. The standard InChI is InChI=1S/C17H22FNOS/c1-4-7-19-10-16-9-14(13(3)21-16)11-20-17-6-5-15(18)8-12(17)2/h5-6,8-9,19H,4,7,10-11H2,1-3H3. The molecule has 2 rings (SSSR count). The van der Waals surface area contributed by atoms with Crippen LogP contribution in [0.5, 0.6) is 5.75 Å². The predicted octanol–water partition coefficient (Wildman–Crippen LogP) is 4.58. The van der Waals surface area contributed by atoms with Crippen LogP contribution in [0.1, 0.15) is 34.2 Å². The third-order valence-electron chi connectivity index (χ3n) is 3.32. The maximum atomic E-state index is 13.1. The number of halogens is 1. The van der Waals surface area contributed by atoms with Crippen LogP contribution < -0.4 is 10.1 Å². The van der Waals surface area contributed by atoms with E-state index in [0.29, 0.717) is 6.61 Å². The smallest absolute Gasteiger partial charge is 0.123 e. The Kier molecular flexibility index (Phi) is 5.76. The number of aryl methyl sites for hydroxylation is 2. The van der Waals surface area contributed by atoms with Crippen molar-refractivity contribution < 1.29 is 9.13 Å². The average molecular weight is 307 g/mol. The summed E-state index contributed by atoms with van der Waals surface area (Å²) in [4.78, 5) is 2.61. The first kappa shape index (κ1) is 16.0. The molecule has 0 unspecified atom stereocenters. The maximum absolute atomic E-state index is 13.1. The van der Waals surface area contributed by atoms with Gasteiger partial charge in [0.1, 0.15) is 18.2 Å². The minimum atomic E-state index is -0.226. The Balaban J connectivity index is 1.96. The summed E-state index contributed by atoms with van der Waals surface area (Å²) in [6.45, 7) is 8.62. The second-order valence-corrected chi connectivity index (χ2v) is 6.51. The van der Waals surface area contributed by atoms with E-state index in [2.05, 4.69) is 25.2 Å². The molecule has 0 radical (unpaired) electrons. The van der Waals surface area contributed by atoms with Crippen LogP contribution in [0.25, 0.3) is 0 Å². The van der Waals surface area contributed by atoms with E-state index >= 15 is 0 Å². The van der Waals surface area contributed by atoms with Crippen LogP contribution in [0.15, 0.2) is 24.3 Å². The normalized spacial score (nSPS) is 10.9. The molecule has 1 N–H and O–H groups in total. The Labute approximate surface area is 130 Å². The van der Waals surface area contributed by atoms with E-state index < -0.39 is 0 Å². The zero-order valence-electron chi connectivity index (χ0n) is 12.8. The molecule has 0 saturated heterocycles. The van der Waals surface area contributed by atoms with Crippen molar-refractivity contribution in [1.29, 1.82) is 0 Å². The van der Waals surface area contributed by atoms with Gasteiger partial charge in [-0.1, -0.05) is 6.92 Å². The van der Waals surface area contributed by atoms with Crippen LogP contribution >= 0.6 is 11.3 Å². The van der Waals surface area contributed by atoms with Crippen LogP contribution in [-0.2, 0) is 13.2 Å². The Morgan fingerprint density at radius 2 is 2.05 bits per heavy atom. The number of thiophene rings is 1. The zero-order valence-corrected chi connectivity index (χ0v) is 13.6. The SMILES string of the molecule is CCCNCc1cc(COc2ccc(F)cc2C)c(C)s1. The highest BCUT2D eigenvalue weighted by molar-refractivity contribution is 7.12. The number of ether oxygens (including phenoxy) is 1. The number of nitrogens with one attached hydrogen (secondary N) is 1. The molecular weight excluding hydrogens is 285 g/mol. The molecule has 0 bridgehead atoms. The highest BCUT2D eigenvalue weighted by atomic mass is 32.1. The van der Waals surface area contributed by atoms with Gasteiger partial charge in [0.05, 0.1) is 0 Å². The van der Waals surface area contributed by atoms with Crippen molar-refractivity contribution in [3.8, 4) is 5.75 Å². The van der Waals surface area contributed by atoms with Crippen LogP contribution in [0.3, 0.4) is 0 Å². The summed E-state index contributed by atoms with van der Waals surface area (Å²) < 4.78 is 18.9. The average Bonchev–Trinajstić information content (AvgIpc) is 2.79. The highest BCUT2D eigenvalue weighted by Crippen LogP contribution is 2.25. The molecule has 0 amide bonds. The van der Waals surface area contributed by atoms with Crippen molar-refractivity contribution in [2.75, 3.05) is 6.54 Å². The van der Waals surface area contributed by atoms with Gasteiger partial charge in [-0.05, 0) is 56.6 Å². The van der Waals surface area contributed by atoms with Crippen LogP contribution in [0, 0.1) is 19.7 Å². The van der Waals surface area contributed by atoms with Gasteiger partial charge in [0.15, 0.2) is 0 Å². The molecule has 2 aromatic rings. The summed E-state index contributed by atoms with van der Waals surface area (Å²) in [6.07, 6.45) is 1.14. The fraction of sp³-hybridized carbons (Fsp3) is 0.412. The zero-order chi connectivity index (χ0) is 15.2. The lowest BCUT2D eigenvalue weighted by atomic mass is 10.2. The topological polar surface area (TPSA) is 21.3 Å². The lowest BCUT2D eigenvalue weighted by Crippen LogP contribution is -2.12. The molecule has 0 atom stereocenters. The van der Waals surface area contributed by atoms with E-state index in [9.17, 15) is 4.39 Å². The predicted molar refractivity (Wildman–Crippen MR) is 86.5 cm³/mol. The highest BCUT2D eigenvalue weighted by Gasteiger charge is 2.07. The van der Waals surface area contributed by atoms with Crippen molar-refractivity contribution in [3.05, 3.63) is 51.0 Å². The van der Waals surface area contributed by atoms with Gasteiger partial charge in [0.2, 0.25) is 0 Å². The first-order chi connectivity index (χ1) is 10.1. The first-order valence-electron chi connectivity index (χ1n) is 7.28. The largest absolute Gasteiger partial charge is 0.489 e. The van der Waals surface area contributed by atoms with E-state index in [1.807, 2.05) is 6.92 Å². The first-order valence-corrected chi connectivity index (χ1v) is 8.09. The summed E-state index contributed by atoms with van der Waals surface area (Å²) in [5, 5.41) is 3.41. The lowest BCUT2D eigenvalue weighted by molar-refractivity contribution is 0.303. The second-order valence-electron chi connectivity index (χ2n) is 5.17. The summed E-state index contributed by atoms with van der Waals surface area (Å²) in [5.74, 6) is 0.517. The summed E-state index contributed by atoms with van der Waals surface area (Å²) >= 11 is 1.80. The van der Waals surface area contributed by atoms with Crippen molar-refractivity contribution in [2.24, 2.45) is 0 Å². The van der Waals surface area contributed by atoms with E-state index in [1.54, 1.807) is 17.4 Å². The van der Waals surface area contributed by atoms with E-state index in [-0.39, 0.29) is 5.82 Å². The van der Waals surface area contributed by atoms with Crippen LogP contribution in [-0.4, -0.2) is 6.54 Å². The third-order valence-corrected chi connectivity index (χ3v) is 4.41. The Bertz CT molecular complexity index is 594. The monoisotopic (exact) mass is 307 g/mol. The van der Waals surface area contributed by atoms with Crippen molar-refractivity contribution in [1.82, 2.24) is 5.32 Å². The summed E-state index contributed by atoms with van der Waals surface area (Å²) in [6, 6.07) is 6.82. The van der Waals surface area contributed by atoms with Crippen LogP contribution in [0.2, 0.25) is 0 Å². The van der Waals surface area contributed by atoms with Crippen molar-refractivity contribution in [2.45, 2.75) is 40.3 Å². The quantitative estimate of drug-likeness (QED) is 0.756. The molecule has 0 aliphatic heterocycles. The molecule has 0 fully saturated rings. The van der Waals surface area contributed by atoms with Gasteiger partial charge >= 0.3 is 0 Å². The van der Waals surface area contributed by atoms with Crippen molar-refractivity contribution in [3.63, 3.8) is 0 Å². The number of benzene rings is 1. The Hall–Kier alpha value is -1.39. The van der Waals surface area contributed by atoms with E-state index in [1.165, 1.54) is 27.5 Å². The molecule has 0 spiro atoms.